The highest BCUT2D eigenvalue weighted by Gasteiger charge is 2.35. The van der Waals surface area contributed by atoms with E-state index in [0.29, 0.717) is 75.7 Å². The van der Waals surface area contributed by atoms with Gasteiger partial charge < -0.3 is 29.2 Å². The fraction of sp³-hybridized carbons (Fsp3) is 0.793. The Morgan fingerprint density at radius 1 is 0.914 bits per heavy atom. The van der Waals surface area contributed by atoms with Crippen molar-refractivity contribution in [2.75, 3.05) is 52.9 Å². The Labute approximate surface area is 213 Å². The molecule has 6 heteroatoms. The summed E-state index contributed by atoms with van der Waals surface area (Å²) in [6.45, 7) is 12.4. The number of ether oxygens (including phenoxy) is 4. The molecule has 0 heterocycles. The van der Waals surface area contributed by atoms with Crippen LogP contribution in [-0.2, 0) is 20.6 Å². The summed E-state index contributed by atoms with van der Waals surface area (Å²) in [5.41, 5.74) is 2.15. The average Bonchev–Trinajstić information content (AvgIpc) is 2.82. The number of aromatic hydroxyl groups is 1. The van der Waals surface area contributed by atoms with Crippen molar-refractivity contribution in [1.82, 2.24) is 0 Å². The van der Waals surface area contributed by atoms with Crippen molar-refractivity contribution in [3.8, 4) is 11.5 Å². The quantitative estimate of drug-likeness (QED) is 0.254. The van der Waals surface area contributed by atoms with E-state index in [9.17, 15) is 5.11 Å². The van der Waals surface area contributed by atoms with Gasteiger partial charge in [-0.3, -0.25) is 0 Å². The topological polar surface area (TPSA) is 77.4 Å². The van der Waals surface area contributed by atoms with Crippen LogP contribution in [0.1, 0.15) is 83.3 Å². The normalized spacial score (nSPS) is 20.5. The van der Waals surface area contributed by atoms with E-state index in [2.05, 4.69) is 33.8 Å². The first-order valence-corrected chi connectivity index (χ1v) is 13.8. The molecule has 6 nitrogen and oxygen atoms in total. The maximum atomic E-state index is 11.2. The molecule has 0 unspecified atom stereocenters. The van der Waals surface area contributed by atoms with Gasteiger partial charge in [-0.1, -0.05) is 47.0 Å². The van der Waals surface area contributed by atoms with E-state index in [4.69, 9.17) is 24.1 Å². The van der Waals surface area contributed by atoms with Gasteiger partial charge in [0.2, 0.25) is 0 Å². The van der Waals surface area contributed by atoms with E-state index in [1.807, 2.05) is 6.07 Å². The van der Waals surface area contributed by atoms with E-state index in [1.165, 1.54) is 25.7 Å². The molecule has 1 fully saturated rings. The minimum atomic E-state index is 0.0299. The first-order valence-electron chi connectivity index (χ1n) is 13.8. The smallest absolute Gasteiger partial charge is 0.126 e. The van der Waals surface area contributed by atoms with E-state index in [1.54, 1.807) is 0 Å². The maximum Gasteiger partial charge on any atom is 0.126 e. The van der Waals surface area contributed by atoms with Crippen LogP contribution in [-0.4, -0.2) is 63.1 Å². The summed E-state index contributed by atoms with van der Waals surface area (Å²) in [6, 6.07) is 4.14. The lowest BCUT2D eigenvalue weighted by Gasteiger charge is -2.38. The number of aliphatic hydroxyl groups is 1. The second kappa shape index (κ2) is 17.2. The van der Waals surface area contributed by atoms with Crippen LogP contribution < -0.4 is 4.74 Å². The van der Waals surface area contributed by atoms with Gasteiger partial charge in [-0.15, -0.1) is 0 Å². The fourth-order valence-electron chi connectivity index (χ4n) is 5.23. The van der Waals surface area contributed by atoms with Crippen molar-refractivity contribution in [3.05, 3.63) is 23.3 Å². The molecule has 202 valence electrons. The largest absolute Gasteiger partial charge is 0.508 e. The highest BCUT2D eigenvalue weighted by atomic mass is 16.6. The molecule has 1 aliphatic carbocycles. The molecular weight excluding hydrogens is 444 g/mol. The number of phenols is 1. The van der Waals surface area contributed by atoms with Gasteiger partial charge in [-0.05, 0) is 67.1 Å². The molecule has 0 amide bonds. The second-order valence-corrected chi connectivity index (χ2v) is 10.3. The van der Waals surface area contributed by atoms with Gasteiger partial charge in [0, 0.05) is 5.56 Å². The number of hydrogen-bond donors (Lipinski definition) is 2. The minimum absolute atomic E-state index is 0.0299. The zero-order valence-corrected chi connectivity index (χ0v) is 22.6. The maximum absolute atomic E-state index is 11.2. The van der Waals surface area contributed by atoms with Crippen molar-refractivity contribution in [1.29, 1.82) is 0 Å². The molecule has 1 aromatic rings. The number of aryl methyl sites for hydroxylation is 1. The predicted molar refractivity (Wildman–Crippen MR) is 140 cm³/mol. The van der Waals surface area contributed by atoms with Crippen molar-refractivity contribution in [2.24, 2.45) is 17.8 Å². The summed E-state index contributed by atoms with van der Waals surface area (Å²) in [7, 11) is 0. The number of aliphatic hydroxyl groups excluding tert-OH is 1. The van der Waals surface area contributed by atoms with Crippen LogP contribution in [0.5, 0.6) is 11.5 Å². The van der Waals surface area contributed by atoms with E-state index < -0.39 is 0 Å². The van der Waals surface area contributed by atoms with Crippen LogP contribution in [0.2, 0.25) is 0 Å². The van der Waals surface area contributed by atoms with Crippen LogP contribution in [0.3, 0.4) is 0 Å². The Kier molecular flexibility index (Phi) is 14.7. The van der Waals surface area contributed by atoms with Gasteiger partial charge in [0.15, 0.2) is 0 Å². The third kappa shape index (κ3) is 10.7. The molecule has 0 aliphatic heterocycles. The van der Waals surface area contributed by atoms with Gasteiger partial charge in [-0.2, -0.15) is 0 Å². The van der Waals surface area contributed by atoms with E-state index >= 15 is 0 Å². The number of rotatable bonds is 18. The molecule has 35 heavy (non-hydrogen) atoms. The zero-order valence-electron chi connectivity index (χ0n) is 22.6. The lowest BCUT2D eigenvalue weighted by atomic mass is 9.67. The molecule has 1 aromatic carbocycles. The van der Waals surface area contributed by atoms with Gasteiger partial charge in [-0.25, -0.2) is 0 Å². The number of benzene rings is 1. The van der Waals surface area contributed by atoms with E-state index in [0.717, 1.165) is 36.1 Å². The highest BCUT2D eigenvalue weighted by molar-refractivity contribution is 5.50. The SMILES string of the molecule is CCCCCc1cc(O)c([C@@H]2C[C@H](C)CC[C@H]2C(C)C)c(OCCOCCOCCOCCO)c1. The van der Waals surface area contributed by atoms with Crippen LogP contribution in [0, 0.1) is 17.8 Å². The van der Waals surface area contributed by atoms with Crippen molar-refractivity contribution < 1.29 is 29.2 Å². The molecule has 0 bridgehead atoms. The lowest BCUT2D eigenvalue weighted by molar-refractivity contribution is 0.00351. The van der Waals surface area contributed by atoms with Crippen LogP contribution in [0.25, 0.3) is 0 Å². The molecule has 2 rings (SSSR count). The summed E-state index contributed by atoms with van der Waals surface area (Å²) in [4.78, 5) is 0. The summed E-state index contributed by atoms with van der Waals surface area (Å²) in [6.07, 6.45) is 8.01. The Morgan fingerprint density at radius 2 is 1.57 bits per heavy atom. The van der Waals surface area contributed by atoms with E-state index in [-0.39, 0.29) is 6.61 Å². The Morgan fingerprint density at radius 3 is 2.20 bits per heavy atom. The van der Waals surface area contributed by atoms with Crippen LogP contribution in [0.15, 0.2) is 12.1 Å². The molecule has 3 atom stereocenters. The van der Waals surface area contributed by atoms with Gasteiger partial charge in [0.05, 0.1) is 46.2 Å². The number of phenolic OH excluding ortho intramolecular Hbond substituents is 1. The van der Waals surface area contributed by atoms with Gasteiger partial charge in [0.1, 0.15) is 18.1 Å². The molecule has 1 aliphatic rings. The van der Waals surface area contributed by atoms with Crippen LogP contribution >= 0.6 is 0 Å². The Hall–Kier alpha value is -1.34. The molecule has 1 saturated carbocycles. The van der Waals surface area contributed by atoms with Crippen molar-refractivity contribution >= 4 is 0 Å². The van der Waals surface area contributed by atoms with Crippen LogP contribution in [0.4, 0.5) is 0 Å². The summed E-state index contributed by atoms with van der Waals surface area (Å²) in [5.74, 6) is 3.34. The number of unbranched alkanes of at least 4 members (excludes halogenated alkanes) is 2. The molecular formula is C29H50O6. The third-order valence-electron chi connectivity index (χ3n) is 7.11. The number of hydrogen-bond acceptors (Lipinski definition) is 6. The summed E-state index contributed by atoms with van der Waals surface area (Å²) >= 11 is 0. The summed E-state index contributed by atoms with van der Waals surface area (Å²) < 4.78 is 22.6. The van der Waals surface area contributed by atoms with Gasteiger partial charge in [0.25, 0.3) is 0 Å². The molecule has 0 saturated heterocycles. The molecule has 2 N–H and O–H groups in total. The first-order chi connectivity index (χ1) is 17.0. The van der Waals surface area contributed by atoms with Gasteiger partial charge >= 0.3 is 0 Å². The zero-order chi connectivity index (χ0) is 25.5. The summed E-state index contributed by atoms with van der Waals surface area (Å²) in [5, 5.41) is 19.9. The average molecular weight is 495 g/mol. The second-order valence-electron chi connectivity index (χ2n) is 10.3. The monoisotopic (exact) mass is 494 g/mol. The third-order valence-corrected chi connectivity index (χ3v) is 7.11. The van der Waals surface area contributed by atoms with Crippen molar-refractivity contribution in [2.45, 2.75) is 78.6 Å². The Balaban J connectivity index is 1.98. The molecule has 0 aromatic heterocycles. The predicted octanol–water partition coefficient (Wildman–Crippen LogP) is 5.72. The minimum Gasteiger partial charge on any atom is -0.508 e. The molecule has 0 spiro atoms. The first kappa shape index (κ1) is 29.9. The molecule has 0 radical (unpaired) electrons. The standard InChI is InChI=1S/C29H50O6/c1-5-6-7-8-24-20-27(31)29(26-19-23(4)9-10-25(26)22(2)3)28(21-24)35-18-17-34-16-15-33-14-13-32-12-11-30/h20-23,25-26,30-31H,5-19H2,1-4H3/t23-,25+,26-/m1/s1. The highest BCUT2D eigenvalue weighted by Crippen LogP contribution is 2.49. The Bertz CT molecular complexity index is 692. The fourth-order valence-corrected chi connectivity index (χ4v) is 5.23. The lowest BCUT2D eigenvalue weighted by Crippen LogP contribution is -2.26. The van der Waals surface area contributed by atoms with Crippen molar-refractivity contribution in [3.63, 3.8) is 0 Å².